The number of carbonyl (C=O) groups excluding carboxylic acids is 1. The Morgan fingerprint density at radius 1 is 1.25 bits per heavy atom. The number of aryl methyl sites for hydroxylation is 1. The highest BCUT2D eigenvalue weighted by Crippen LogP contribution is 2.30. The highest BCUT2D eigenvalue weighted by molar-refractivity contribution is 5.96. The Morgan fingerprint density at radius 3 is 2.30 bits per heavy atom. The van der Waals surface area contributed by atoms with Gasteiger partial charge in [-0.15, -0.1) is 0 Å². The maximum Gasteiger partial charge on any atom is 0.308 e. The fourth-order valence-corrected chi connectivity index (χ4v) is 1.65. The van der Waals surface area contributed by atoms with Gasteiger partial charge < -0.3 is 19.9 Å². The van der Waals surface area contributed by atoms with Crippen LogP contribution in [0, 0.1) is 12.8 Å². The van der Waals surface area contributed by atoms with Gasteiger partial charge in [-0.25, -0.2) is 0 Å². The molecule has 0 bridgehead atoms. The summed E-state index contributed by atoms with van der Waals surface area (Å²) in [6, 6.07) is 3.28. The molecule has 0 aliphatic rings. The molecule has 2 N–H and O–H groups in total. The molecule has 0 aliphatic carbocycles. The summed E-state index contributed by atoms with van der Waals surface area (Å²) < 4.78 is 10.3. The summed E-state index contributed by atoms with van der Waals surface area (Å²) in [5.41, 5.74) is 1.16. The quantitative estimate of drug-likeness (QED) is 0.824. The molecule has 1 unspecified atom stereocenters. The van der Waals surface area contributed by atoms with E-state index < -0.39 is 11.9 Å². The predicted octanol–water partition coefficient (Wildman–Crippen LogP) is 1.46. The number of aliphatic carboxylic acids is 1. The zero-order valence-electron chi connectivity index (χ0n) is 12.0. The predicted molar refractivity (Wildman–Crippen MR) is 73.4 cm³/mol. The molecule has 6 heteroatoms. The third-order valence-electron chi connectivity index (χ3n) is 2.97. The normalized spacial score (nSPS) is 11.6. The van der Waals surface area contributed by atoms with Crippen molar-refractivity contribution in [3.63, 3.8) is 0 Å². The molecule has 20 heavy (non-hydrogen) atoms. The van der Waals surface area contributed by atoms with E-state index in [-0.39, 0.29) is 12.5 Å². The van der Waals surface area contributed by atoms with Crippen LogP contribution in [0.4, 0.5) is 0 Å². The van der Waals surface area contributed by atoms with Gasteiger partial charge in [0.15, 0.2) is 11.5 Å². The van der Waals surface area contributed by atoms with Crippen molar-refractivity contribution in [1.82, 2.24) is 5.32 Å². The number of carboxylic acid groups (broad SMARTS) is 1. The Morgan fingerprint density at radius 2 is 1.80 bits per heavy atom. The molecule has 0 heterocycles. The van der Waals surface area contributed by atoms with E-state index in [4.69, 9.17) is 14.6 Å². The van der Waals surface area contributed by atoms with Crippen LogP contribution >= 0.6 is 0 Å². The van der Waals surface area contributed by atoms with Crippen LogP contribution in [0.25, 0.3) is 0 Å². The van der Waals surface area contributed by atoms with Crippen molar-refractivity contribution < 1.29 is 24.2 Å². The largest absolute Gasteiger partial charge is 0.493 e. The number of nitrogens with one attached hydrogen (secondary N) is 1. The molecule has 1 atom stereocenters. The zero-order chi connectivity index (χ0) is 15.3. The van der Waals surface area contributed by atoms with Crippen molar-refractivity contribution >= 4 is 11.9 Å². The van der Waals surface area contributed by atoms with Gasteiger partial charge in [-0.2, -0.15) is 0 Å². The minimum absolute atomic E-state index is 0.0714. The molecule has 0 aromatic heterocycles. The minimum Gasteiger partial charge on any atom is -0.493 e. The summed E-state index contributed by atoms with van der Waals surface area (Å²) in [7, 11) is 3.01. The Labute approximate surface area is 117 Å². The lowest BCUT2D eigenvalue weighted by Crippen LogP contribution is -2.31. The van der Waals surface area contributed by atoms with Crippen LogP contribution in [0.5, 0.6) is 11.5 Å². The number of carboxylic acids is 1. The van der Waals surface area contributed by atoms with Gasteiger partial charge >= 0.3 is 5.97 Å². The molecule has 0 aliphatic heterocycles. The monoisotopic (exact) mass is 281 g/mol. The summed E-state index contributed by atoms with van der Waals surface area (Å²) in [6.07, 6.45) is 0. The van der Waals surface area contributed by atoms with E-state index in [1.54, 1.807) is 19.1 Å². The summed E-state index contributed by atoms with van der Waals surface area (Å²) in [5.74, 6) is -0.930. The maximum atomic E-state index is 12.1. The molecule has 1 rings (SSSR count). The average molecular weight is 281 g/mol. The second kappa shape index (κ2) is 6.79. The third kappa shape index (κ3) is 3.63. The van der Waals surface area contributed by atoms with Gasteiger partial charge in [-0.05, 0) is 24.6 Å². The SMILES string of the molecule is COc1cc(C)c(C(=O)NCC(C)C(=O)O)cc1OC. The van der Waals surface area contributed by atoms with Crippen molar-refractivity contribution in [2.75, 3.05) is 20.8 Å². The van der Waals surface area contributed by atoms with Crippen LogP contribution in [0.3, 0.4) is 0 Å². The highest BCUT2D eigenvalue weighted by Gasteiger charge is 2.17. The van der Waals surface area contributed by atoms with Crippen molar-refractivity contribution in [2.45, 2.75) is 13.8 Å². The van der Waals surface area contributed by atoms with Gasteiger partial charge in [-0.1, -0.05) is 6.92 Å². The smallest absolute Gasteiger partial charge is 0.308 e. The number of ether oxygens (including phenoxy) is 2. The third-order valence-corrected chi connectivity index (χ3v) is 2.97. The summed E-state index contributed by atoms with van der Waals surface area (Å²) in [4.78, 5) is 22.8. The average Bonchev–Trinajstić information content (AvgIpc) is 2.43. The lowest BCUT2D eigenvalue weighted by molar-refractivity contribution is -0.140. The van der Waals surface area contributed by atoms with Crippen LogP contribution in [0.15, 0.2) is 12.1 Å². The van der Waals surface area contributed by atoms with E-state index in [0.29, 0.717) is 17.1 Å². The number of hydrogen-bond acceptors (Lipinski definition) is 4. The van der Waals surface area contributed by atoms with Crippen molar-refractivity contribution in [3.8, 4) is 11.5 Å². The van der Waals surface area contributed by atoms with Gasteiger partial charge in [0.2, 0.25) is 0 Å². The van der Waals surface area contributed by atoms with Crippen LogP contribution in [0.2, 0.25) is 0 Å². The van der Waals surface area contributed by atoms with Crippen molar-refractivity contribution in [3.05, 3.63) is 23.3 Å². The molecule has 0 saturated carbocycles. The van der Waals surface area contributed by atoms with Crippen LogP contribution in [-0.4, -0.2) is 37.7 Å². The first-order chi connectivity index (χ1) is 9.40. The van der Waals surface area contributed by atoms with Gasteiger partial charge in [0.25, 0.3) is 5.91 Å². The molecule has 0 saturated heterocycles. The highest BCUT2D eigenvalue weighted by atomic mass is 16.5. The van der Waals surface area contributed by atoms with Gasteiger partial charge in [0.05, 0.1) is 20.1 Å². The second-order valence-electron chi connectivity index (χ2n) is 4.47. The first-order valence-corrected chi connectivity index (χ1v) is 6.14. The number of hydrogen-bond donors (Lipinski definition) is 2. The van der Waals surface area contributed by atoms with Crippen LogP contribution in [0.1, 0.15) is 22.8 Å². The molecule has 1 aromatic rings. The molecule has 0 radical (unpaired) electrons. The first-order valence-electron chi connectivity index (χ1n) is 6.14. The van der Waals surface area contributed by atoms with Gasteiger partial charge in [-0.3, -0.25) is 9.59 Å². The van der Waals surface area contributed by atoms with E-state index in [1.807, 2.05) is 0 Å². The number of methoxy groups -OCH3 is 2. The molecule has 0 fully saturated rings. The summed E-state index contributed by atoms with van der Waals surface area (Å²) in [6.45, 7) is 3.38. The molecule has 110 valence electrons. The molecule has 1 aromatic carbocycles. The number of amides is 1. The second-order valence-corrected chi connectivity index (χ2v) is 4.47. The number of carbonyl (C=O) groups is 2. The van der Waals surface area contributed by atoms with E-state index >= 15 is 0 Å². The fourth-order valence-electron chi connectivity index (χ4n) is 1.65. The number of benzene rings is 1. The Hall–Kier alpha value is -2.24. The molecular formula is C14H19NO5. The van der Waals surface area contributed by atoms with E-state index in [0.717, 1.165) is 5.56 Å². The standard InChI is InChI=1S/C14H19NO5/c1-8-5-11(19-3)12(20-4)6-10(8)13(16)15-7-9(2)14(17)18/h5-6,9H,7H2,1-4H3,(H,15,16)(H,17,18). The van der Waals surface area contributed by atoms with Crippen LogP contribution < -0.4 is 14.8 Å². The Bertz CT molecular complexity index is 513. The zero-order valence-corrected chi connectivity index (χ0v) is 12.0. The van der Waals surface area contributed by atoms with Gasteiger partial charge in [0.1, 0.15) is 0 Å². The Kier molecular flexibility index (Phi) is 5.37. The minimum atomic E-state index is -0.950. The van der Waals surface area contributed by atoms with E-state index in [2.05, 4.69) is 5.32 Å². The first kappa shape index (κ1) is 15.8. The molecule has 6 nitrogen and oxygen atoms in total. The lowest BCUT2D eigenvalue weighted by Gasteiger charge is -2.13. The Balaban J connectivity index is 2.90. The van der Waals surface area contributed by atoms with Crippen LogP contribution in [-0.2, 0) is 4.79 Å². The fraction of sp³-hybridized carbons (Fsp3) is 0.429. The lowest BCUT2D eigenvalue weighted by atomic mass is 10.1. The van der Waals surface area contributed by atoms with E-state index in [1.165, 1.54) is 21.1 Å². The van der Waals surface area contributed by atoms with Gasteiger partial charge in [0, 0.05) is 12.1 Å². The molecule has 0 spiro atoms. The summed E-state index contributed by atoms with van der Waals surface area (Å²) >= 11 is 0. The number of rotatable bonds is 6. The van der Waals surface area contributed by atoms with Crippen molar-refractivity contribution in [2.24, 2.45) is 5.92 Å². The van der Waals surface area contributed by atoms with Crippen molar-refractivity contribution in [1.29, 1.82) is 0 Å². The topological polar surface area (TPSA) is 84.9 Å². The maximum absolute atomic E-state index is 12.1. The molecular weight excluding hydrogens is 262 g/mol. The summed E-state index contributed by atoms with van der Waals surface area (Å²) in [5, 5.41) is 11.4. The molecule has 1 amide bonds. The van der Waals surface area contributed by atoms with E-state index in [9.17, 15) is 9.59 Å².